The minimum Gasteiger partial charge on any atom is -0.423 e. The Kier molecular flexibility index (Phi) is 2.11. The van der Waals surface area contributed by atoms with Gasteiger partial charge in [0.1, 0.15) is 5.58 Å². The van der Waals surface area contributed by atoms with E-state index in [1.165, 1.54) is 6.07 Å². The van der Waals surface area contributed by atoms with E-state index in [1.807, 2.05) is 18.2 Å². The maximum absolute atomic E-state index is 11.0. The van der Waals surface area contributed by atoms with Gasteiger partial charge in [-0.25, -0.2) is 4.79 Å². The molecule has 0 aliphatic rings. The summed E-state index contributed by atoms with van der Waals surface area (Å²) >= 11 is 2.17. The molecule has 0 aliphatic heterocycles. The van der Waals surface area contributed by atoms with Gasteiger partial charge in [0.05, 0.1) is 0 Å². The summed E-state index contributed by atoms with van der Waals surface area (Å²) in [6.45, 7) is 3.78. The van der Waals surface area contributed by atoms with Crippen LogP contribution in [0.2, 0.25) is 0 Å². The van der Waals surface area contributed by atoms with Crippen LogP contribution in [-0.4, -0.2) is 0 Å². The summed E-state index contributed by atoms with van der Waals surface area (Å²) in [5.41, 5.74) is 0.964. The van der Waals surface area contributed by atoms with E-state index in [1.54, 1.807) is 0 Å². The molecule has 13 heavy (non-hydrogen) atoms. The Hall–Kier alpha value is -0.840. The normalized spacial score (nSPS) is 10.6. The van der Waals surface area contributed by atoms with Crippen LogP contribution in [0.25, 0.3) is 11.0 Å². The van der Waals surface area contributed by atoms with Gasteiger partial charge < -0.3 is 4.42 Å². The van der Waals surface area contributed by atoms with Gasteiger partial charge in [-0.3, -0.25) is 0 Å². The molecule has 1 heterocycles. The molecule has 1 aromatic heterocycles. The zero-order chi connectivity index (χ0) is 9.42. The van der Waals surface area contributed by atoms with Gasteiger partial charge in [-0.05, 0) is 53.3 Å². The molecule has 0 saturated heterocycles. The van der Waals surface area contributed by atoms with Crippen molar-refractivity contribution in [3.05, 3.63) is 50.7 Å². The third kappa shape index (κ3) is 1.60. The van der Waals surface area contributed by atoms with Crippen LogP contribution < -0.4 is 5.63 Å². The lowest BCUT2D eigenvalue weighted by Gasteiger charge is -1.99. The number of halogens is 1. The van der Waals surface area contributed by atoms with E-state index in [-0.39, 0.29) is 5.63 Å². The Morgan fingerprint density at radius 1 is 1.31 bits per heavy atom. The molecule has 2 nitrogen and oxygen atoms in total. The van der Waals surface area contributed by atoms with E-state index in [0.717, 1.165) is 8.96 Å². The molecule has 0 aliphatic carbocycles. The molecule has 0 amide bonds. The number of rotatable bonds is 0. The number of hydrogen-bond donors (Lipinski definition) is 0. The first-order valence-electron chi connectivity index (χ1n) is 3.72. The van der Waals surface area contributed by atoms with Crippen LogP contribution in [0.3, 0.4) is 0 Å². The van der Waals surface area contributed by atoms with Gasteiger partial charge in [0.25, 0.3) is 0 Å². The van der Waals surface area contributed by atoms with Crippen LogP contribution in [0.5, 0.6) is 0 Å². The summed E-state index contributed by atoms with van der Waals surface area (Å²) in [4.78, 5) is 11.0. The quantitative estimate of drug-likeness (QED) is 0.550. The Morgan fingerprint density at radius 3 is 2.85 bits per heavy atom. The summed E-state index contributed by atoms with van der Waals surface area (Å²) in [6.07, 6.45) is 0. The van der Waals surface area contributed by atoms with Crippen LogP contribution >= 0.6 is 22.6 Å². The van der Waals surface area contributed by atoms with E-state index in [2.05, 4.69) is 29.5 Å². The average Bonchev–Trinajstić information content (AvgIpc) is 2.02. The molecule has 1 radical (unpaired) electrons. The molecular weight excluding hydrogens is 279 g/mol. The monoisotopic (exact) mass is 285 g/mol. The third-order valence-corrected chi connectivity index (χ3v) is 2.46. The number of fused-ring (bicyclic) bond motifs is 1. The highest BCUT2D eigenvalue weighted by Crippen LogP contribution is 2.18. The van der Waals surface area contributed by atoms with Crippen molar-refractivity contribution >= 4 is 33.6 Å². The molecule has 0 bridgehead atoms. The van der Waals surface area contributed by atoms with E-state index >= 15 is 0 Å². The first kappa shape index (κ1) is 8.74. The van der Waals surface area contributed by atoms with Gasteiger partial charge >= 0.3 is 5.63 Å². The molecule has 0 atom stereocenters. The van der Waals surface area contributed by atoms with Gasteiger partial charge in [-0.15, -0.1) is 0 Å². The molecular formula is C10H6IO2. The lowest BCUT2D eigenvalue weighted by Crippen LogP contribution is -1.97. The largest absolute Gasteiger partial charge is 0.423 e. The molecule has 1 aromatic carbocycles. The van der Waals surface area contributed by atoms with E-state index < -0.39 is 0 Å². The lowest BCUT2D eigenvalue weighted by molar-refractivity contribution is 0.560. The SMILES string of the molecule is [CH2]c1cc(=O)oc2cc(I)ccc12. The van der Waals surface area contributed by atoms with Crippen LogP contribution in [0.1, 0.15) is 5.56 Å². The highest BCUT2D eigenvalue weighted by atomic mass is 127. The van der Waals surface area contributed by atoms with Gasteiger partial charge in [-0.1, -0.05) is 0 Å². The van der Waals surface area contributed by atoms with Crippen molar-refractivity contribution in [1.82, 2.24) is 0 Å². The predicted octanol–water partition coefficient (Wildman–Crippen LogP) is 2.58. The zero-order valence-electron chi connectivity index (χ0n) is 6.71. The van der Waals surface area contributed by atoms with Crippen LogP contribution in [0.4, 0.5) is 0 Å². The van der Waals surface area contributed by atoms with E-state index in [9.17, 15) is 4.79 Å². The zero-order valence-corrected chi connectivity index (χ0v) is 8.87. The highest BCUT2D eigenvalue weighted by Gasteiger charge is 2.01. The van der Waals surface area contributed by atoms with Crippen LogP contribution in [0, 0.1) is 10.5 Å². The first-order chi connectivity index (χ1) is 6.16. The first-order valence-corrected chi connectivity index (χ1v) is 4.80. The molecule has 65 valence electrons. The van der Waals surface area contributed by atoms with Crippen molar-refractivity contribution < 1.29 is 4.42 Å². The van der Waals surface area contributed by atoms with Crippen molar-refractivity contribution in [3.63, 3.8) is 0 Å². The highest BCUT2D eigenvalue weighted by molar-refractivity contribution is 14.1. The van der Waals surface area contributed by atoms with Gasteiger partial charge in [-0.2, -0.15) is 0 Å². The Balaban J connectivity index is 2.94. The molecule has 0 unspecified atom stereocenters. The van der Waals surface area contributed by atoms with Crippen molar-refractivity contribution in [2.45, 2.75) is 0 Å². The molecule has 0 N–H and O–H groups in total. The minimum atomic E-state index is -0.348. The molecule has 0 fully saturated rings. The molecule has 2 aromatic rings. The van der Waals surface area contributed by atoms with Crippen molar-refractivity contribution in [1.29, 1.82) is 0 Å². The Bertz CT molecular complexity index is 514. The smallest absolute Gasteiger partial charge is 0.336 e. The summed E-state index contributed by atoms with van der Waals surface area (Å²) < 4.78 is 6.06. The Labute approximate surface area is 88.7 Å². The van der Waals surface area contributed by atoms with E-state index in [0.29, 0.717) is 11.1 Å². The topological polar surface area (TPSA) is 30.2 Å². The fourth-order valence-electron chi connectivity index (χ4n) is 1.20. The standard InChI is InChI=1S/C10H6IO2/c1-6-4-10(12)13-9-5-7(11)2-3-8(6)9/h2-5H,1H2. The second-order valence-corrected chi connectivity index (χ2v) is 3.98. The van der Waals surface area contributed by atoms with Gasteiger partial charge in [0.15, 0.2) is 0 Å². The minimum absolute atomic E-state index is 0.348. The van der Waals surface area contributed by atoms with Crippen molar-refractivity contribution in [2.75, 3.05) is 0 Å². The summed E-state index contributed by atoms with van der Waals surface area (Å²) in [5, 5.41) is 0.889. The average molecular weight is 285 g/mol. The molecule has 0 saturated carbocycles. The summed E-state index contributed by atoms with van der Waals surface area (Å²) in [7, 11) is 0. The number of benzene rings is 1. The second kappa shape index (κ2) is 3.14. The van der Waals surface area contributed by atoms with Crippen molar-refractivity contribution in [2.24, 2.45) is 0 Å². The van der Waals surface area contributed by atoms with Gasteiger partial charge in [0.2, 0.25) is 0 Å². The Morgan fingerprint density at radius 2 is 2.08 bits per heavy atom. The summed E-state index contributed by atoms with van der Waals surface area (Å²) in [6, 6.07) is 7.08. The molecule has 3 heteroatoms. The summed E-state index contributed by atoms with van der Waals surface area (Å²) in [5.74, 6) is 0. The fraction of sp³-hybridized carbons (Fsp3) is 0. The maximum atomic E-state index is 11.0. The van der Waals surface area contributed by atoms with E-state index in [4.69, 9.17) is 4.42 Å². The molecule has 0 spiro atoms. The lowest BCUT2D eigenvalue weighted by atomic mass is 10.1. The van der Waals surface area contributed by atoms with Crippen LogP contribution in [0.15, 0.2) is 33.5 Å². The molecule has 2 rings (SSSR count). The van der Waals surface area contributed by atoms with Crippen LogP contribution in [-0.2, 0) is 0 Å². The second-order valence-electron chi connectivity index (χ2n) is 2.73. The van der Waals surface area contributed by atoms with Crippen molar-refractivity contribution in [3.8, 4) is 0 Å². The van der Waals surface area contributed by atoms with Gasteiger partial charge in [0, 0.05) is 15.0 Å². The third-order valence-electron chi connectivity index (χ3n) is 1.79. The maximum Gasteiger partial charge on any atom is 0.336 e. The number of hydrogen-bond acceptors (Lipinski definition) is 2. The predicted molar refractivity (Wildman–Crippen MR) is 59.7 cm³/mol. The fourth-order valence-corrected chi connectivity index (χ4v) is 1.67.